The lowest BCUT2D eigenvalue weighted by molar-refractivity contribution is 0.00707. The Labute approximate surface area is 109 Å². The fraction of sp³-hybridized carbons (Fsp3) is 0.533. The lowest BCUT2D eigenvalue weighted by atomic mass is 9.86. The van der Waals surface area contributed by atoms with Gasteiger partial charge in [0.1, 0.15) is 5.60 Å². The molecule has 0 saturated carbocycles. The van der Waals surface area contributed by atoms with Crippen molar-refractivity contribution in [3.63, 3.8) is 0 Å². The largest absolute Gasteiger partial charge is 0.456 e. The molecule has 0 unspecified atom stereocenters. The van der Waals surface area contributed by atoms with Crippen molar-refractivity contribution in [2.45, 2.75) is 52.6 Å². The van der Waals surface area contributed by atoms with Crippen LogP contribution in [-0.4, -0.2) is 11.6 Å². The Kier molecular flexibility index (Phi) is 3.75. The minimum absolute atomic E-state index is 0.0234. The first-order chi connectivity index (χ1) is 8.00. The fourth-order valence-electron chi connectivity index (χ4n) is 1.53. The molecule has 1 aromatic carbocycles. The molecule has 1 aromatic rings. The third kappa shape index (κ3) is 3.76. The summed E-state index contributed by atoms with van der Waals surface area (Å²) in [4.78, 5) is 12.1. The fourth-order valence-corrected chi connectivity index (χ4v) is 1.53. The molecular formula is C15H23NO2. The van der Waals surface area contributed by atoms with Gasteiger partial charge in [0.2, 0.25) is 0 Å². The van der Waals surface area contributed by atoms with Crippen LogP contribution >= 0.6 is 0 Å². The maximum atomic E-state index is 12.1. The van der Waals surface area contributed by atoms with Gasteiger partial charge in [-0.2, -0.15) is 0 Å². The van der Waals surface area contributed by atoms with Crippen LogP contribution in [0.4, 0.5) is 5.69 Å². The number of nitrogens with two attached hydrogens (primary N) is 1. The zero-order valence-corrected chi connectivity index (χ0v) is 12.1. The lowest BCUT2D eigenvalue weighted by Crippen LogP contribution is -2.25. The molecule has 0 aliphatic rings. The first-order valence-electron chi connectivity index (χ1n) is 6.14. The quantitative estimate of drug-likeness (QED) is 0.612. The molecule has 0 amide bonds. The van der Waals surface area contributed by atoms with Crippen LogP contribution in [0.2, 0.25) is 0 Å². The molecule has 2 N–H and O–H groups in total. The molecule has 100 valence electrons. The minimum Gasteiger partial charge on any atom is -0.456 e. The number of carbonyl (C=O) groups is 1. The number of rotatable bonds is 1. The Morgan fingerprint density at radius 3 is 2.11 bits per heavy atom. The topological polar surface area (TPSA) is 52.3 Å². The van der Waals surface area contributed by atoms with Crippen LogP contribution in [0.3, 0.4) is 0 Å². The summed E-state index contributed by atoms with van der Waals surface area (Å²) in [5, 5.41) is 0. The summed E-state index contributed by atoms with van der Waals surface area (Å²) >= 11 is 0. The third-order valence-corrected chi connectivity index (χ3v) is 2.54. The van der Waals surface area contributed by atoms with E-state index >= 15 is 0 Å². The first kappa shape index (κ1) is 14.6. The molecular weight excluding hydrogens is 226 g/mol. The first-order valence-corrected chi connectivity index (χ1v) is 6.14. The number of carbonyl (C=O) groups excluding carboxylic acids is 1. The highest BCUT2D eigenvalue weighted by molar-refractivity contribution is 5.95. The Balaban J connectivity index is 3.13. The number of esters is 1. The summed E-state index contributed by atoms with van der Waals surface area (Å²) in [6.07, 6.45) is 0. The summed E-state index contributed by atoms with van der Waals surface area (Å²) in [6, 6.07) is 5.53. The lowest BCUT2D eigenvalue weighted by Gasteiger charge is -2.23. The van der Waals surface area contributed by atoms with Gasteiger partial charge in [-0.05, 0) is 43.9 Å². The maximum absolute atomic E-state index is 12.1. The number of anilines is 1. The van der Waals surface area contributed by atoms with E-state index in [1.165, 1.54) is 0 Å². The van der Waals surface area contributed by atoms with Gasteiger partial charge in [0, 0.05) is 5.69 Å². The number of hydrogen-bond acceptors (Lipinski definition) is 3. The van der Waals surface area contributed by atoms with Crippen LogP contribution in [0.15, 0.2) is 18.2 Å². The second-order valence-electron chi connectivity index (χ2n) is 6.55. The van der Waals surface area contributed by atoms with Crippen molar-refractivity contribution < 1.29 is 9.53 Å². The molecule has 3 heteroatoms. The summed E-state index contributed by atoms with van der Waals surface area (Å²) in [7, 11) is 0. The van der Waals surface area contributed by atoms with Gasteiger partial charge in [0.25, 0.3) is 0 Å². The van der Waals surface area contributed by atoms with Crippen LogP contribution in [0, 0.1) is 0 Å². The smallest absolute Gasteiger partial charge is 0.340 e. The molecule has 0 heterocycles. The van der Waals surface area contributed by atoms with E-state index in [0.717, 1.165) is 5.56 Å². The van der Waals surface area contributed by atoms with E-state index in [9.17, 15) is 4.79 Å². The summed E-state index contributed by atoms with van der Waals surface area (Å²) in [6.45, 7) is 11.8. The van der Waals surface area contributed by atoms with E-state index in [2.05, 4.69) is 20.8 Å². The molecule has 0 saturated heterocycles. The van der Waals surface area contributed by atoms with Crippen molar-refractivity contribution in [3.05, 3.63) is 29.3 Å². The standard InChI is InChI=1S/C15H23NO2/c1-14(2,3)10-7-8-12(16)11(9-10)13(17)18-15(4,5)6/h7-9H,16H2,1-6H3. The third-order valence-electron chi connectivity index (χ3n) is 2.54. The summed E-state index contributed by atoms with van der Waals surface area (Å²) in [5.74, 6) is -0.369. The monoisotopic (exact) mass is 249 g/mol. The van der Waals surface area contributed by atoms with Crippen molar-refractivity contribution in [2.24, 2.45) is 0 Å². The van der Waals surface area contributed by atoms with Crippen molar-refractivity contribution in [3.8, 4) is 0 Å². The van der Waals surface area contributed by atoms with Crippen molar-refractivity contribution in [1.82, 2.24) is 0 Å². The van der Waals surface area contributed by atoms with Crippen LogP contribution < -0.4 is 5.73 Å². The number of hydrogen-bond donors (Lipinski definition) is 1. The molecule has 0 aliphatic carbocycles. The molecule has 3 nitrogen and oxygen atoms in total. The molecule has 1 rings (SSSR count). The van der Waals surface area contributed by atoms with E-state index in [1.54, 1.807) is 6.07 Å². The van der Waals surface area contributed by atoms with Crippen molar-refractivity contribution >= 4 is 11.7 Å². The minimum atomic E-state index is -0.513. The highest BCUT2D eigenvalue weighted by Gasteiger charge is 2.22. The molecule has 0 atom stereocenters. The summed E-state index contributed by atoms with van der Waals surface area (Å²) in [5.41, 5.74) is 7.28. The Bertz CT molecular complexity index is 451. The molecule has 0 spiro atoms. The predicted octanol–water partition coefficient (Wildman–Crippen LogP) is 3.52. The van der Waals surface area contributed by atoms with E-state index in [0.29, 0.717) is 11.3 Å². The Morgan fingerprint density at radius 2 is 1.67 bits per heavy atom. The normalized spacial score (nSPS) is 12.3. The van der Waals surface area contributed by atoms with Gasteiger partial charge < -0.3 is 10.5 Å². The van der Waals surface area contributed by atoms with Crippen LogP contribution in [0.1, 0.15) is 57.5 Å². The van der Waals surface area contributed by atoms with E-state index in [1.807, 2.05) is 32.9 Å². The molecule has 0 aliphatic heterocycles. The van der Waals surface area contributed by atoms with Gasteiger partial charge in [0.05, 0.1) is 5.56 Å². The van der Waals surface area contributed by atoms with Gasteiger partial charge >= 0.3 is 5.97 Å². The molecule has 0 aromatic heterocycles. The molecule has 18 heavy (non-hydrogen) atoms. The highest BCUT2D eigenvalue weighted by Crippen LogP contribution is 2.26. The molecule has 0 bridgehead atoms. The van der Waals surface area contributed by atoms with Gasteiger partial charge in [-0.25, -0.2) is 4.79 Å². The second kappa shape index (κ2) is 4.63. The van der Waals surface area contributed by atoms with Crippen molar-refractivity contribution in [1.29, 1.82) is 0 Å². The predicted molar refractivity (Wildman–Crippen MR) is 74.7 cm³/mol. The van der Waals surface area contributed by atoms with Gasteiger partial charge in [0.15, 0.2) is 0 Å². The zero-order chi connectivity index (χ0) is 14.1. The highest BCUT2D eigenvalue weighted by atomic mass is 16.6. The van der Waals surface area contributed by atoms with Gasteiger partial charge in [-0.1, -0.05) is 26.8 Å². The maximum Gasteiger partial charge on any atom is 0.340 e. The average molecular weight is 249 g/mol. The summed E-state index contributed by atoms with van der Waals surface area (Å²) < 4.78 is 5.35. The van der Waals surface area contributed by atoms with Gasteiger partial charge in [-0.3, -0.25) is 0 Å². The van der Waals surface area contributed by atoms with Gasteiger partial charge in [-0.15, -0.1) is 0 Å². The van der Waals surface area contributed by atoms with Crippen LogP contribution in [-0.2, 0) is 10.2 Å². The zero-order valence-electron chi connectivity index (χ0n) is 12.1. The number of nitrogen functional groups attached to an aromatic ring is 1. The van der Waals surface area contributed by atoms with E-state index in [-0.39, 0.29) is 11.4 Å². The molecule has 0 fully saturated rings. The van der Waals surface area contributed by atoms with E-state index < -0.39 is 5.60 Å². The Hall–Kier alpha value is -1.51. The number of benzene rings is 1. The van der Waals surface area contributed by atoms with E-state index in [4.69, 9.17) is 10.5 Å². The van der Waals surface area contributed by atoms with Crippen molar-refractivity contribution in [2.75, 3.05) is 5.73 Å². The Morgan fingerprint density at radius 1 is 1.11 bits per heavy atom. The van der Waals surface area contributed by atoms with Crippen LogP contribution in [0.5, 0.6) is 0 Å². The molecule has 0 radical (unpaired) electrons. The second-order valence-corrected chi connectivity index (χ2v) is 6.55. The SMILES string of the molecule is CC(C)(C)OC(=O)c1cc(C(C)(C)C)ccc1N. The van der Waals surface area contributed by atoms with Crippen LogP contribution in [0.25, 0.3) is 0 Å². The average Bonchev–Trinajstić information content (AvgIpc) is 2.13. The number of ether oxygens (including phenoxy) is 1.